The molecule has 0 N–H and O–H groups in total. The number of nitrogens with zero attached hydrogens (tertiary/aromatic N) is 6. The first kappa shape index (κ1) is 14.8. The zero-order valence-electron chi connectivity index (χ0n) is 14.1. The maximum Gasteiger partial charge on any atom is 0.164 e. The predicted octanol–water partition coefficient (Wildman–Crippen LogP) is 3.24. The van der Waals surface area contributed by atoms with Crippen molar-refractivity contribution in [1.82, 2.24) is 29.2 Å². The number of hydrogen-bond acceptors (Lipinski definition) is 4. The van der Waals surface area contributed by atoms with Crippen molar-refractivity contribution in [2.75, 3.05) is 0 Å². The highest BCUT2D eigenvalue weighted by Crippen LogP contribution is 2.26. The van der Waals surface area contributed by atoms with Crippen LogP contribution < -0.4 is 0 Å². The molecule has 0 fully saturated rings. The van der Waals surface area contributed by atoms with E-state index in [1.807, 2.05) is 29.3 Å². The van der Waals surface area contributed by atoms with Gasteiger partial charge in [-0.2, -0.15) is 5.10 Å². The quantitative estimate of drug-likeness (QED) is 0.579. The molecule has 4 aromatic rings. The van der Waals surface area contributed by atoms with E-state index in [1.54, 1.807) is 6.20 Å². The maximum atomic E-state index is 4.42. The molecule has 0 aliphatic heterocycles. The zero-order valence-corrected chi connectivity index (χ0v) is 14.1. The average molecular weight is 320 g/mol. The minimum absolute atomic E-state index is 0.317. The van der Waals surface area contributed by atoms with E-state index in [1.165, 1.54) is 11.1 Å². The van der Waals surface area contributed by atoms with Crippen LogP contribution in [0.4, 0.5) is 0 Å². The summed E-state index contributed by atoms with van der Waals surface area (Å²) in [4.78, 5) is 4.22. The minimum Gasteiger partial charge on any atom is -0.286 e. The van der Waals surface area contributed by atoms with Crippen molar-refractivity contribution >= 4 is 11.2 Å². The van der Waals surface area contributed by atoms with E-state index in [0.717, 1.165) is 23.4 Å². The second kappa shape index (κ2) is 5.70. The van der Waals surface area contributed by atoms with E-state index in [2.05, 4.69) is 57.6 Å². The molecule has 0 aliphatic carbocycles. The summed E-state index contributed by atoms with van der Waals surface area (Å²) in [6, 6.07) is 4.20. The van der Waals surface area contributed by atoms with Crippen molar-refractivity contribution in [2.45, 2.75) is 39.0 Å². The molecule has 6 nitrogen and oxygen atoms in total. The van der Waals surface area contributed by atoms with Gasteiger partial charge >= 0.3 is 0 Å². The van der Waals surface area contributed by atoms with Gasteiger partial charge in [-0.3, -0.25) is 9.38 Å². The molecular weight excluding hydrogens is 300 g/mol. The van der Waals surface area contributed by atoms with Crippen LogP contribution in [0, 0.1) is 0 Å². The lowest BCUT2D eigenvalue weighted by molar-refractivity contribution is 0.753. The summed E-state index contributed by atoms with van der Waals surface area (Å²) >= 11 is 0. The molecule has 1 unspecified atom stereocenters. The fourth-order valence-corrected chi connectivity index (χ4v) is 3.21. The second-order valence-electron chi connectivity index (χ2n) is 6.55. The van der Waals surface area contributed by atoms with Gasteiger partial charge in [-0.05, 0) is 24.0 Å². The van der Waals surface area contributed by atoms with Gasteiger partial charge in [-0.1, -0.05) is 26.8 Å². The maximum absolute atomic E-state index is 4.42. The zero-order chi connectivity index (χ0) is 16.7. The minimum atomic E-state index is 0.317. The summed E-state index contributed by atoms with van der Waals surface area (Å²) < 4.78 is 3.97. The molecule has 6 heteroatoms. The molecule has 0 radical (unpaired) electrons. The van der Waals surface area contributed by atoms with Gasteiger partial charge in [0, 0.05) is 30.1 Å². The summed E-state index contributed by atoms with van der Waals surface area (Å²) in [6.07, 6.45) is 10.4. The number of rotatable bonds is 4. The average Bonchev–Trinajstić information content (AvgIpc) is 3.19. The lowest BCUT2D eigenvalue weighted by Gasteiger charge is -2.11. The van der Waals surface area contributed by atoms with E-state index in [0.29, 0.717) is 11.8 Å². The Balaban J connectivity index is 1.71. The first-order valence-electron chi connectivity index (χ1n) is 8.25. The summed E-state index contributed by atoms with van der Waals surface area (Å²) in [6.45, 7) is 6.49. The van der Waals surface area contributed by atoms with Crippen LogP contribution in [-0.4, -0.2) is 29.2 Å². The topological polar surface area (TPSA) is 60.4 Å². The van der Waals surface area contributed by atoms with Crippen molar-refractivity contribution in [2.24, 2.45) is 0 Å². The van der Waals surface area contributed by atoms with Gasteiger partial charge in [0.15, 0.2) is 5.65 Å². The Morgan fingerprint density at radius 2 is 1.96 bits per heavy atom. The van der Waals surface area contributed by atoms with Crippen LogP contribution in [0.5, 0.6) is 0 Å². The van der Waals surface area contributed by atoms with Crippen LogP contribution in [0.15, 0.2) is 43.1 Å². The lowest BCUT2D eigenvalue weighted by Crippen LogP contribution is -2.02. The molecule has 4 rings (SSSR count). The molecule has 0 saturated carbocycles. The van der Waals surface area contributed by atoms with Gasteiger partial charge in [-0.25, -0.2) is 4.52 Å². The van der Waals surface area contributed by atoms with Crippen molar-refractivity contribution in [3.63, 3.8) is 0 Å². The van der Waals surface area contributed by atoms with Gasteiger partial charge in [0.05, 0.1) is 17.9 Å². The van der Waals surface area contributed by atoms with Crippen LogP contribution >= 0.6 is 0 Å². The third kappa shape index (κ3) is 2.35. The van der Waals surface area contributed by atoms with Crippen LogP contribution in [0.25, 0.3) is 11.2 Å². The highest BCUT2D eigenvalue weighted by Gasteiger charge is 2.17. The fourth-order valence-electron chi connectivity index (χ4n) is 3.21. The molecule has 122 valence electrons. The van der Waals surface area contributed by atoms with Crippen molar-refractivity contribution in [3.8, 4) is 0 Å². The van der Waals surface area contributed by atoms with E-state index in [9.17, 15) is 0 Å². The van der Waals surface area contributed by atoms with Gasteiger partial charge in [0.1, 0.15) is 5.82 Å². The summed E-state index contributed by atoms with van der Waals surface area (Å²) in [7, 11) is 0. The highest BCUT2D eigenvalue weighted by molar-refractivity contribution is 5.55. The van der Waals surface area contributed by atoms with Crippen LogP contribution in [0.2, 0.25) is 0 Å². The third-order valence-corrected chi connectivity index (χ3v) is 4.47. The van der Waals surface area contributed by atoms with Gasteiger partial charge in [-0.15, -0.1) is 10.2 Å². The monoisotopic (exact) mass is 320 g/mol. The largest absolute Gasteiger partial charge is 0.286 e. The predicted molar refractivity (Wildman–Crippen MR) is 92.2 cm³/mol. The second-order valence-corrected chi connectivity index (χ2v) is 6.55. The Hall–Kier alpha value is -2.76. The first-order chi connectivity index (χ1) is 11.6. The van der Waals surface area contributed by atoms with E-state index < -0.39 is 0 Å². The smallest absolute Gasteiger partial charge is 0.164 e. The summed E-state index contributed by atoms with van der Waals surface area (Å²) in [5.41, 5.74) is 4.41. The standard InChI is InChI=1S/C18H20N6/c1-12(2)17-21-22-18-14(5-4-7-23(17)18)9-13(3)15-10-20-24-8-6-19-11-16(15)24/h4-8,10-13H,9H2,1-3H3. The molecule has 0 aromatic carbocycles. The third-order valence-electron chi connectivity index (χ3n) is 4.47. The molecule has 4 aromatic heterocycles. The van der Waals surface area contributed by atoms with E-state index in [4.69, 9.17) is 0 Å². The molecule has 0 spiro atoms. The normalized spacial score (nSPS) is 13.2. The van der Waals surface area contributed by atoms with Gasteiger partial charge in [0.2, 0.25) is 0 Å². The molecule has 0 bridgehead atoms. The molecule has 0 saturated heterocycles. The Bertz CT molecular complexity index is 997. The number of pyridine rings is 1. The molecule has 24 heavy (non-hydrogen) atoms. The Labute approximate surface area is 140 Å². The Morgan fingerprint density at radius 1 is 1.08 bits per heavy atom. The number of fused-ring (bicyclic) bond motifs is 2. The Kier molecular flexibility index (Phi) is 3.52. The molecule has 0 amide bonds. The Morgan fingerprint density at radius 3 is 2.79 bits per heavy atom. The van der Waals surface area contributed by atoms with Gasteiger partial charge < -0.3 is 0 Å². The van der Waals surface area contributed by atoms with E-state index in [-0.39, 0.29) is 0 Å². The van der Waals surface area contributed by atoms with Crippen molar-refractivity contribution in [3.05, 3.63) is 60.1 Å². The summed E-state index contributed by atoms with van der Waals surface area (Å²) in [5, 5.41) is 13.2. The van der Waals surface area contributed by atoms with E-state index >= 15 is 0 Å². The molecular formula is C18H20N6. The van der Waals surface area contributed by atoms with Crippen LogP contribution in [0.1, 0.15) is 49.6 Å². The number of hydrogen-bond donors (Lipinski definition) is 0. The van der Waals surface area contributed by atoms with Crippen molar-refractivity contribution < 1.29 is 0 Å². The number of aromatic nitrogens is 6. The molecule has 0 aliphatic rings. The highest BCUT2D eigenvalue weighted by atomic mass is 15.2. The van der Waals surface area contributed by atoms with Crippen LogP contribution in [0.3, 0.4) is 0 Å². The molecule has 1 atom stereocenters. The first-order valence-corrected chi connectivity index (χ1v) is 8.25. The summed E-state index contributed by atoms with van der Waals surface area (Å²) in [5.74, 6) is 1.66. The molecule has 4 heterocycles. The SMILES string of the molecule is CC(C)c1nnc2c(CC(C)c3cnn4ccncc34)cccn12. The van der Waals surface area contributed by atoms with Crippen LogP contribution in [-0.2, 0) is 6.42 Å². The fraction of sp³-hybridized carbons (Fsp3) is 0.333. The van der Waals surface area contributed by atoms with Crippen molar-refractivity contribution in [1.29, 1.82) is 0 Å². The lowest BCUT2D eigenvalue weighted by atomic mass is 9.95. The van der Waals surface area contributed by atoms with Gasteiger partial charge in [0.25, 0.3) is 0 Å².